The van der Waals surface area contributed by atoms with Crippen LogP contribution in [0.5, 0.6) is 0 Å². The molecule has 0 spiro atoms. The van der Waals surface area contributed by atoms with Crippen LogP contribution in [0.1, 0.15) is 0 Å². The van der Waals surface area contributed by atoms with Gasteiger partial charge in [-0.05, 0) is 36.4 Å². The summed E-state index contributed by atoms with van der Waals surface area (Å²) in [4.78, 5) is 0.632. The average Bonchev–Trinajstić information content (AvgIpc) is 2.48. The first kappa shape index (κ1) is 15.8. The molecule has 2 aromatic carbocycles. The Morgan fingerprint density at radius 3 is 2.24 bits per heavy atom. The summed E-state index contributed by atoms with van der Waals surface area (Å²) in [5.41, 5.74) is 0. The molecule has 1 N–H and O–H groups in total. The minimum atomic E-state index is -3.71. The minimum Gasteiger partial charge on any atom is -0.254 e. The summed E-state index contributed by atoms with van der Waals surface area (Å²) in [6, 6.07) is 13.4. The summed E-state index contributed by atoms with van der Waals surface area (Å²) in [5, 5.41) is 0. The Labute approximate surface area is 125 Å². The zero-order chi connectivity index (χ0) is 15.3. The summed E-state index contributed by atoms with van der Waals surface area (Å²) in [5.74, 6) is -0.330. The van der Waals surface area contributed by atoms with E-state index in [4.69, 9.17) is 0 Å². The van der Waals surface area contributed by atoms with Gasteiger partial charge in [0.2, 0.25) is 10.0 Å². The number of hydrogen-bond donors (Lipinski definition) is 1. The number of benzene rings is 2. The summed E-state index contributed by atoms with van der Waals surface area (Å²) < 4.78 is 50.9. The van der Waals surface area contributed by atoms with Crippen LogP contribution in [0.2, 0.25) is 0 Å². The summed E-state index contributed by atoms with van der Waals surface area (Å²) in [7, 11) is -4.97. The Morgan fingerprint density at radius 1 is 1.00 bits per heavy atom. The number of halogens is 1. The topological polar surface area (TPSA) is 63.2 Å². The molecule has 7 heteroatoms. The number of nitrogens with one attached hydrogen (secondary N) is 1. The fraction of sp³-hybridized carbons (Fsp3) is 0.143. The first-order chi connectivity index (χ1) is 9.99. The van der Waals surface area contributed by atoms with Gasteiger partial charge in [0.05, 0.1) is 15.7 Å². The molecule has 0 saturated heterocycles. The van der Waals surface area contributed by atoms with E-state index in [9.17, 15) is 17.0 Å². The van der Waals surface area contributed by atoms with E-state index in [0.29, 0.717) is 4.90 Å². The van der Waals surface area contributed by atoms with Gasteiger partial charge in [0.1, 0.15) is 5.82 Å². The van der Waals surface area contributed by atoms with Crippen LogP contribution in [0.25, 0.3) is 0 Å². The highest BCUT2D eigenvalue weighted by atomic mass is 32.2. The molecule has 0 heterocycles. The smallest absolute Gasteiger partial charge is 0.240 e. The molecule has 0 aliphatic carbocycles. The van der Waals surface area contributed by atoms with Gasteiger partial charge in [0.25, 0.3) is 0 Å². The molecule has 0 radical (unpaired) electrons. The lowest BCUT2D eigenvalue weighted by Crippen LogP contribution is -2.27. The highest BCUT2D eigenvalue weighted by Crippen LogP contribution is 2.10. The molecule has 0 fully saturated rings. The van der Waals surface area contributed by atoms with Crippen molar-refractivity contribution in [1.82, 2.24) is 4.72 Å². The second-order valence-corrected chi connectivity index (χ2v) is 7.55. The van der Waals surface area contributed by atoms with E-state index in [0.717, 1.165) is 12.1 Å². The lowest BCUT2D eigenvalue weighted by Gasteiger charge is -2.07. The summed E-state index contributed by atoms with van der Waals surface area (Å²) in [6.45, 7) is 0.0429. The van der Waals surface area contributed by atoms with Crippen molar-refractivity contribution in [3.05, 3.63) is 60.4 Å². The quantitative estimate of drug-likeness (QED) is 0.881. The van der Waals surface area contributed by atoms with Gasteiger partial charge in [-0.1, -0.05) is 18.2 Å². The predicted octanol–water partition coefficient (Wildman–Crippen LogP) is 1.91. The van der Waals surface area contributed by atoms with Gasteiger partial charge in [-0.15, -0.1) is 0 Å². The zero-order valence-corrected chi connectivity index (χ0v) is 12.7. The zero-order valence-electron chi connectivity index (χ0n) is 11.0. The number of rotatable bonds is 6. The van der Waals surface area contributed by atoms with Crippen LogP contribution in [-0.4, -0.2) is 24.9 Å². The fourth-order valence-corrected chi connectivity index (χ4v) is 3.80. The van der Waals surface area contributed by atoms with Gasteiger partial charge in [-0.2, -0.15) is 0 Å². The second-order valence-electron chi connectivity index (χ2n) is 4.21. The van der Waals surface area contributed by atoms with Gasteiger partial charge < -0.3 is 0 Å². The van der Waals surface area contributed by atoms with Crippen LogP contribution in [0.3, 0.4) is 0 Å². The summed E-state index contributed by atoms with van der Waals surface area (Å²) in [6.07, 6.45) is 0. The van der Waals surface area contributed by atoms with E-state index < -0.39 is 26.6 Å². The molecule has 0 aliphatic rings. The Balaban J connectivity index is 1.94. The maximum absolute atomic E-state index is 12.8. The van der Waals surface area contributed by atoms with Crippen molar-refractivity contribution < 1.29 is 17.0 Å². The first-order valence-electron chi connectivity index (χ1n) is 6.18. The van der Waals surface area contributed by atoms with E-state index in [-0.39, 0.29) is 17.2 Å². The van der Waals surface area contributed by atoms with Gasteiger partial charge >= 0.3 is 0 Å². The van der Waals surface area contributed by atoms with E-state index in [1.165, 1.54) is 12.1 Å². The molecular weight excluding hydrogens is 313 g/mol. The van der Waals surface area contributed by atoms with Crippen LogP contribution in [0.4, 0.5) is 4.39 Å². The molecule has 0 aliphatic heterocycles. The largest absolute Gasteiger partial charge is 0.254 e. The lowest BCUT2D eigenvalue weighted by molar-refractivity contribution is 0.583. The fourth-order valence-electron chi connectivity index (χ4n) is 1.66. The molecule has 0 aromatic heterocycles. The average molecular weight is 327 g/mol. The van der Waals surface area contributed by atoms with E-state index in [2.05, 4.69) is 4.72 Å². The highest BCUT2D eigenvalue weighted by Gasteiger charge is 2.14. The van der Waals surface area contributed by atoms with E-state index >= 15 is 0 Å². The monoisotopic (exact) mass is 327 g/mol. The third-order valence-electron chi connectivity index (χ3n) is 2.71. The second kappa shape index (κ2) is 6.93. The maximum atomic E-state index is 12.8. The highest BCUT2D eigenvalue weighted by molar-refractivity contribution is 7.89. The molecule has 0 bridgehead atoms. The van der Waals surface area contributed by atoms with Crippen LogP contribution in [0.15, 0.2) is 64.4 Å². The molecule has 2 aromatic rings. The standard InChI is InChI=1S/C14H14FNO3S2/c15-12-6-8-14(9-7-12)21(18,19)16-10-11-20(17)13-4-2-1-3-5-13/h1-9,16H,10-11H2. The third-order valence-corrected chi connectivity index (χ3v) is 5.56. The van der Waals surface area contributed by atoms with Crippen LogP contribution in [-0.2, 0) is 20.8 Å². The van der Waals surface area contributed by atoms with Gasteiger partial charge in [0.15, 0.2) is 0 Å². The normalized spacial score (nSPS) is 13.0. The van der Waals surface area contributed by atoms with Crippen molar-refractivity contribution in [2.24, 2.45) is 0 Å². The number of sulfonamides is 1. The Kier molecular flexibility index (Phi) is 5.22. The van der Waals surface area contributed by atoms with Gasteiger partial charge in [0, 0.05) is 17.2 Å². The van der Waals surface area contributed by atoms with Gasteiger partial charge in [-0.3, -0.25) is 4.21 Å². The van der Waals surface area contributed by atoms with Crippen molar-refractivity contribution in [2.75, 3.05) is 12.3 Å². The number of hydrogen-bond acceptors (Lipinski definition) is 3. The van der Waals surface area contributed by atoms with Crippen molar-refractivity contribution in [3.63, 3.8) is 0 Å². The molecule has 1 atom stereocenters. The first-order valence-corrected chi connectivity index (χ1v) is 8.98. The molecule has 4 nitrogen and oxygen atoms in total. The lowest BCUT2D eigenvalue weighted by atomic mass is 10.4. The van der Waals surface area contributed by atoms with Crippen molar-refractivity contribution in [3.8, 4) is 0 Å². The van der Waals surface area contributed by atoms with E-state index in [1.807, 2.05) is 6.07 Å². The Hall–Kier alpha value is -1.57. The molecule has 0 amide bonds. The van der Waals surface area contributed by atoms with Crippen molar-refractivity contribution >= 4 is 20.8 Å². The summed E-state index contributed by atoms with van der Waals surface area (Å²) >= 11 is 0. The molecule has 1 unspecified atom stereocenters. The van der Waals surface area contributed by atoms with E-state index in [1.54, 1.807) is 24.3 Å². The molecule has 2 rings (SSSR count). The maximum Gasteiger partial charge on any atom is 0.240 e. The van der Waals surface area contributed by atoms with Crippen molar-refractivity contribution in [1.29, 1.82) is 0 Å². The van der Waals surface area contributed by atoms with Crippen LogP contribution < -0.4 is 4.72 Å². The minimum absolute atomic E-state index is 0.0191. The van der Waals surface area contributed by atoms with Crippen LogP contribution in [0, 0.1) is 5.82 Å². The van der Waals surface area contributed by atoms with Gasteiger partial charge in [-0.25, -0.2) is 17.5 Å². The van der Waals surface area contributed by atoms with Crippen molar-refractivity contribution in [2.45, 2.75) is 9.79 Å². The third kappa shape index (κ3) is 4.45. The molecular formula is C14H14FNO3S2. The SMILES string of the molecule is O=S(CCNS(=O)(=O)c1ccc(F)cc1)c1ccccc1. The van der Waals surface area contributed by atoms with Crippen LogP contribution >= 0.6 is 0 Å². The molecule has 0 saturated carbocycles. The Morgan fingerprint density at radius 2 is 1.62 bits per heavy atom. The molecule has 112 valence electrons. The Bertz CT molecular complexity index is 716. The predicted molar refractivity (Wildman–Crippen MR) is 79.3 cm³/mol. The molecule has 21 heavy (non-hydrogen) atoms.